The Labute approximate surface area is 147 Å². The number of aromatic nitrogens is 4. The Morgan fingerprint density at radius 2 is 2.16 bits per heavy atom. The van der Waals surface area contributed by atoms with Gasteiger partial charge in [-0.3, -0.25) is 0 Å². The summed E-state index contributed by atoms with van der Waals surface area (Å²) in [6.45, 7) is 4.65. The van der Waals surface area contributed by atoms with Gasteiger partial charge in [-0.1, -0.05) is 18.2 Å². The minimum Gasteiger partial charge on any atom is -0.381 e. The van der Waals surface area contributed by atoms with Gasteiger partial charge in [0, 0.05) is 50.3 Å². The van der Waals surface area contributed by atoms with Gasteiger partial charge in [0.15, 0.2) is 0 Å². The van der Waals surface area contributed by atoms with Crippen LogP contribution in [0.3, 0.4) is 0 Å². The van der Waals surface area contributed by atoms with Crippen LogP contribution in [0.5, 0.6) is 0 Å². The monoisotopic (exact) mass is 343 g/mol. The largest absolute Gasteiger partial charge is 0.381 e. The number of benzene rings is 1. The van der Waals surface area contributed by atoms with Crippen molar-refractivity contribution in [3.8, 4) is 11.4 Å². The fourth-order valence-corrected chi connectivity index (χ4v) is 4.00. The Bertz CT molecular complexity index is 676. The molecular weight excluding hydrogens is 318 g/mol. The van der Waals surface area contributed by atoms with E-state index in [2.05, 4.69) is 45.0 Å². The maximum atomic E-state index is 6.26. The van der Waals surface area contributed by atoms with E-state index < -0.39 is 0 Å². The van der Waals surface area contributed by atoms with Crippen LogP contribution >= 0.6 is 0 Å². The highest BCUT2D eigenvalue weighted by atomic mass is 16.5. The SMILES string of the molecule is CC(NC1CCCOC12CCOCC2)c1cccc(-c2nn[nH]n2)c1. The van der Waals surface area contributed by atoms with Gasteiger partial charge in [-0.15, -0.1) is 10.2 Å². The van der Waals surface area contributed by atoms with Crippen molar-refractivity contribution in [3.05, 3.63) is 29.8 Å². The minimum absolute atomic E-state index is 0.0734. The molecule has 1 aromatic carbocycles. The van der Waals surface area contributed by atoms with Crippen molar-refractivity contribution >= 4 is 0 Å². The molecule has 2 aromatic rings. The molecule has 2 N–H and O–H groups in total. The van der Waals surface area contributed by atoms with Gasteiger partial charge in [-0.2, -0.15) is 5.21 Å². The van der Waals surface area contributed by atoms with Crippen molar-refractivity contribution in [1.29, 1.82) is 0 Å². The first-order chi connectivity index (χ1) is 12.3. The van der Waals surface area contributed by atoms with Crippen LogP contribution in [0.4, 0.5) is 0 Å². The molecule has 2 atom stereocenters. The second-order valence-corrected chi connectivity index (χ2v) is 6.97. The summed E-state index contributed by atoms with van der Waals surface area (Å²) in [6.07, 6.45) is 4.20. The van der Waals surface area contributed by atoms with Crippen molar-refractivity contribution in [2.24, 2.45) is 0 Å². The zero-order valence-corrected chi connectivity index (χ0v) is 14.6. The first-order valence-corrected chi connectivity index (χ1v) is 9.08. The molecule has 0 saturated carbocycles. The zero-order valence-electron chi connectivity index (χ0n) is 14.6. The van der Waals surface area contributed by atoms with Crippen molar-refractivity contribution in [1.82, 2.24) is 25.9 Å². The number of nitrogens with zero attached hydrogens (tertiary/aromatic N) is 3. The van der Waals surface area contributed by atoms with Crippen LogP contribution < -0.4 is 5.32 Å². The van der Waals surface area contributed by atoms with Crippen LogP contribution in [-0.4, -0.2) is 52.1 Å². The molecule has 0 radical (unpaired) electrons. The van der Waals surface area contributed by atoms with Crippen LogP contribution in [0.2, 0.25) is 0 Å². The van der Waals surface area contributed by atoms with Crippen molar-refractivity contribution < 1.29 is 9.47 Å². The lowest BCUT2D eigenvalue weighted by Gasteiger charge is -2.47. The van der Waals surface area contributed by atoms with Crippen molar-refractivity contribution in [2.75, 3.05) is 19.8 Å². The molecule has 2 aliphatic rings. The zero-order chi connectivity index (χ0) is 17.1. The van der Waals surface area contributed by atoms with Gasteiger partial charge in [0.1, 0.15) is 0 Å². The fourth-order valence-electron chi connectivity index (χ4n) is 4.00. The van der Waals surface area contributed by atoms with Crippen LogP contribution in [0, 0.1) is 0 Å². The highest BCUT2D eigenvalue weighted by Gasteiger charge is 2.43. The first-order valence-electron chi connectivity index (χ1n) is 9.08. The molecule has 7 nitrogen and oxygen atoms in total. The molecule has 2 aliphatic heterocycles. The molecule has 134 valence electrons. The molecule has 0 bridgehead atoms. The molecule has 0 aliphatic carbocycles. The molecule has 3 heterocycles. The molecule has 1 spiro atoms. The Hall–Kier alpha value is -1.83. The van der Waals surface area contributed by atoms with Crippen LogP contribution in [0.15, 0.2) is 24.3 Å². The first kappa shape index (κ1) is 16.6. The topological polar surface area (TPSA) is 85.0 Å². The third-order valence-electron chi connectivity index (χ3n) is 5.44. The van der Waals surface area contributed by atoms with E-state index >= 15 is 0 Å². The molecular formula is C18H25N5O2. The van der Waals surface area contributed by atoms with E-state index in [0.717, 1.165) is 51.1 Å². The normalized spacial score (nSPS) is 24.3. The van der Waals surface area contributed by atoms with E-state index in [9.17, 15) is 0 Å². The van der Waals surface area contributed by atoms with Crippen LogP contribution in [-0.2, 0) is 9.47 Å². The predicted molar refractivity (Wildman–Crippen MR) is 92.9 cm³/mol. The third kappa shape index (κ3) is 3.44. The molecule has 2 fully saturated rings. The number of rotatable bonds is 4. The van der Waals surface area contributed by atoms with Crippen molar-refractivity contribution in [2.45, 2.75) is 50.3 Å². The molecule has 1 aromatic heterocycles. The number of nitrogens with one attached hydrogen (secondary N) is 2. The van der Waals surface area contributed by atoms with E-state index in [1.54, 1.807) is 0 Å². The molecule has 2 saturated heterocycles. The Morgan fingerprint density at radius 3 is 2.96 bits per heavy atom. The average molecular weight is 343 g/mol. The summed E-state index contributed by atoms with van der Waals surface area (Å²) < 4.78 is 11.8. The van der Waals surface area contributed by atoms with E-state index in [1.807, 2.05) is 12.1 Å². The van der Waals surface area contributed by atoms with Gasteiger partial charge in [-0.25, -0.2) is 0 Å². The summed E-state index contributed by atoms with van der Waals surface area (Å²) in [6, 6.07) is 8.89. The van der Waals surface area contributed by atoms with Gasteiger partial charge >= 0.3 is 0 Å². The number of hydrogen-bond acceptors (Lipinski definition) is 6. The molecule has 7 heteroatoms. The summed E-state index contributed by atoms with van der Waals surface area (Å²) >= 11 is 0. The number of H-pyrrole nitrogens is 1. The summed E-state index contributed by atoms with van der Waals surface area (Å²) in [5.41, 5.74) is 2.12. The Kier molecular flexibility index (Phi) is 4.78. The van der Waals surface area contributed by atoms with E-state index in [0.29, 0.717) is 11.9 Å². The predicted octanol–water partition coefficient (Wildman–Crippen LogP) is 2.25. The highest BCUT2D eigenvalue weighted by Crippen LogP contribution is 2.36. The molecule has 25 heavy (non-hydrogen) atoms. The van der Waals surface area contributed by atoms with E-state index in [1.165, 1.54) is 5.56 Å². The Balaban J connectivity index is 1.51. The lowest BCUT2D eigenvalue weighted by molar-refractivity contribution is -0.152. The maximum absolute atomic E-state index is 6.26. The maximum Gasteiger partial charge on any atom is 0.204 e. The van der Waals surface area contributed by atoms with Crippen LogP contribution in [0.1, 0.15) is 44.2 Å². The quantitative estimate of drug-likeness (QED) is 0.886. The molecule has 0 amide bonds. The number of hydrogen-bond donors (Lipinski definition) is 2. The summed E-state index contributed by atoms with van der Waals surface area (Å²) in [7, 11) is 0. The standard InChI is InChI=1S/C18H25N5O2/c1-13(14-4-2-5-15(12-14)17-20-22-23-21-17)19-16-6-3-9-25-18(16)7-10-24-11-8-18/h2,4-5,12-13,16,19H,3,6-11H2,1H3,(H,20,21,22,23). The highest BCUT2D eigenvalue weighted by molar-refractivity contribution is 5.55. The van der Waals surface area contributed by atoms with Gasteiger partial charge in [0.2, 0.25) is 5.82 Å². The van der Waals surface area contributed by atoms with Gasteiger partial charge in [0.25, 0.3) is 0 Å². The fraction of sp³-hybridized carbons (Fsp3) is 0.611. The smallest absolute Gasteiger partial charge is 0.204 e. The van der Waals surface area contributed by atoms with Crippen LogP contribution in [0.25, 0.3) is 11.4 Å². The molecule has 2 unspecified atom stereocenters. The van der Waals surface area contributed by atoms with E-state index in [4.69, 9.17) is 9.47 Å². The summed E-state index contributed by atoms with van der Waals surface area (Å²) in [5, 5.41) is 18.1. The summed E-state index contributed by atoms with van der Waals surface area (Å²) in [4.78, 5) is 0. The van der Waals surface area contributed by atoms with Gasteiger partial charge < -0.3 is 14.8 Å². The second-order valence-electron chi connectivity index (χ2n) is 6.97. The third-order valence-corrected chi connectivity index (χ3v) is 5.44. The number of ether oxygens (including phenoxy) is 2. The lowest BCUT2D eigenvalue weighted by atomic mass is 9.81. The minimum atomic E-state index is -0.0734. The number of aromatic amines is 1. The molecule has 4 rings (SSSR count). The van der Waals surface area contributed by atoms with Gasteiger partial charge in [-0.05, 0) is 36.6 Å². The second kappa shape index (κ2) is 7.19. The average Bonchev–Trinajstić information content (AvgIpc) is 3.19. The lowest BCUT2D eigenvalue weighted by Crippen LogP contribution is -2.58. The van der Waals surface area contributed by atoms with Gasteiger partial charge in [0.05, 0.1) is 5.60 Å². The Morgan fingerprint density at radius 1 is 1.28 bits per heavy atom. The summed E-state index contributed by atoms with van der Waals surface area (Å²) in [5.74, 6) is 0.621. The van der Waals surface area contributed by atoms with E-state index in [-0.39, 0.29) is 11.6 Å². The number of tetrazole rings is 1. The van der Waals surface area contributed by atoms with Crippen molar-refractivity contribution in [3.63, 3.8) is 0 Å².